The minimum atomic E-state index is -0.821. The molecular formula is C25H28N4O6. The van der Waals surface area contributed by atoms with Crippen molar-refractivity contribution in [3.8, 4) is 0 Å². The molecule has 1 aliphatic carbocycles. The highest BCUT2D eigenvalue weighted by atomic mass is 16.6. The van der Waals surface area contributed by atoms with Gasteiger partial charge in [-0.05, 0) is 43.9 Å². The topological polar surface area (TPSA) is 131 Å². The SMILES string of the molecule is O=C(COC(=O)c1cc([N+](=O)[O-])ccc1N1CCCC1)Nc1ccccc1C(=O)NC1CCCC1. The Morgan fingerprint density at radius 2 is 1.71 bits per heavy atom. The number of carbonyl (C=O) groups excluding carboxylic acids is 3. The molecule has 0 radical (unpaired) electrons. The van der Waals surface area contributed by atoms with Gasteiger partial charge in [-0.25, -0.2) is 4.79 Å². The van der Waals surface area contributed by atoms with Gasteiger partial charge >= 0.3 is 5.97 Å². The van der Waals surface area contributed by atoms with E-state index in [1.807, 2.05) is 4.90 Å². The van der Waals surface area contributed by atoms with E-state index in [0.29, 0.717) is 16.9 Å². The lowest BCUT2D eigenvalue weighted by Crippen LogP contribution is -2.33. The van der Waals surface area contributed by atoms with Crippen LogP contribution >= 0.6 is 0 Å². The molecule has 1 saturated carbocycles. The van der Waals surface area contributed by atoms with Gasteiger partial charge in [-0.3, -0.25) is 19.7 Å². The summed E-state index contributed by atoms with van der Waals surface area (Å²) in [6, 6.07) is 10.8. The maximum Gasteiger partial charge on any atom is 0.341 e. The molecule has 2 aliphatic rings. The zero-order valence-electron chi connectivity index (χ0n) is 19.3. The fraction of sp³-hybridized carbons (Fsp3) is 0.400. The summed E-state index contributed by atoms with van der Waals surface area (Å²) in [5, 5.41) is 16.8. The lowest BCUT2D eigenvalue weighted by atomic mass is 10.1. The Morgan fingerprint density at radius 1 is 1.00 bits per heavy atom. The number of ether oxygens (including phenoxy) is 1. The number of amides is 2. The summed E-state index contributed by atoms with van der Waals surface area (Å²) in [4.78, 5) is 50.7. The van der Waals surface area contributed by atoms with Crippen molar-refractivity contribution in [3.05, 3.63) is 63.7 Å². The molecule has 1 heterocycles. The number of nitro benzene ring substituents is 1. The molecule has 0 atom stereocenters. The van der Waals surface area contributed by atoms with Crippen LogP contribution < -0.4 is 15.5 Å². The van der Waals surface area contributed by atoms with Gasteiger partial charge < -0.3 is 20.3 Å². The van der Waals surface area contributed by atoms with Crippen LogP contribution in [0.2, 0.25) is 0 Å². The number of esters is 1. The van der Waals surface area contributed by atoms with Crippen molar-refractivity contribution in [1.29, 1.82) is 0 Å². The van der Waals surface area contributed by atoms with Crippen LogP contribution in [0.3, 0.4) is 0 Å². The van der Waals surface area contributed by atoms with E-state index in [0.717, 1.165) is 51.6 Å². The average Bonchev–Trinajstić information content (AvgIpc) is 3.57. The van der Waals surface area contributed by atoms with Crippen LogP contribution in [-0.2, 0) is 9.53 Å². The number of hydrogen-bond acceptors (Lipinski definition) is 7. The Bertz CT molecular complexity index is 1120. The Morgan fingerprint density at radius 3 is 2.43 bits per heavy atom. The molecule has 0 aromatic heterocycles. The van der Waals surface area contributed by atoms with Crippen LogP contribution in [0.25, 0.3) is 0 Å². The molecule has 35 heavy (non-hydrogen) atoms. The zero-order valence-corrected chi connectivity index (χ0v) is 19.3. The predicted molar refractivity (Wildman–Crippen MR) is 130 cm³/mol. The van der Waals surface area contributed by atoms with Gasteiger partial charge in [-0.2, -0.15) is 0 Å². The summed E-state index contributed by atoms with van der Waals surface area (Å²) in [5.74, 6) is -1.71. The second-order valence-electron chi connectivity index (χ2n) is 8.78. The number of nitrogens with zero attached hydrogens (tertiary/aromatic N) is 2. The highest BCUT2D eigenvalue weighted by molar-refractivity contribution is 6.05. The second-order valence-corrected chi connectivity index (χ2v) is 8.78. The minimum Gasteiger partial charge on any atom is -0.452 e. The van der Waals surface area contributed by atoms with E-state index in [2.05, 4.69) is 10.6 Å². The lowest BCUT2D eigenvalue weighted by Gasteiger charge is -2.20. The molecule has 1 aliphatic heterocycles. The van der Waals surface area contributed by atoms with Gasteiger partial charge in [0.2, 0.25) is 0 Å². The van der Waals surface area contributed by atoms with Crippen molar-refractivity contribution < 1.29 is 24.0 Å². The predicted octanol–water partition coefficient (Wildman–Crippen LogP) is 3.66. The molecule has 184 valence electrons. The van der Waals surface area contributed by atoms with E-state index in [1.165, 1.54) is 12.1 Å². The Hall–Kier alpha value is -3.95. The number of anilines is 2. The maximum atomic E-state index is 12.8. The number of carbonyl (C=O) groups is 3. The highest BCUT2D eigenvalue weighted by Gasteiger charge is 2.25. The third kappa shape index (κ3) is 5.95. The second kappa shape index (κ2) is 11.0. The van der Waals surface area contributed by atoms with Crippen molar-refractivity contribution in [3.63, 3.8) is 0 Å². The Balaban J connectivity index is 1.41. The number of benzene rings is 2. The van der Waals surface area contributed by atoms with Crippen LogP contribution in [0.5, 0.6) is 0 Å². The normalized spacial score (nSPS) is 15.6. The van der Waals surface area contributed by atoms with Crippen LogP contribution in [0, 0.1) is 10.1 Å². The van der Waals surface area contributed by atoms with Gasteiger partial charge in [-0.1, -0.05) is 25.0 Å². The standard InChI is InChI=1S/C25H28N4O6/c30-23(27-21-10-4-3-9-19(21)24(31)26-17-7-1-2-8-17)16-35-25(32)20-15-18(29(33)34)11-12-22(20)28-13-5-6-14-28/h3-4,9-12,15,17H,1-2,5-8,13-14,16H2,(H,26,31)(H,27,30). The largest absolute Gasteiger partial charge is 0.452 e. The monoisotopic (exact) mass is 480 g/mol. The number of hydrogen-bond donors (Lipinski definition) is 2. The molecule has 10 nitrogen and oxygen atoms in total. The number of nitro groups is 1. The summed E-state index contributed by atoms with van der Waals surface area (Å²) < 4.78 is 5.20. The molecule has 0 bridgehead atoms. The first-order valence-corrected chi connectivity index (χ1v) is 11.8. The van der Waals surface area contributed by atoms with Crippen LogP contribution in [-0.4, -0.2) is 48.4 Å². The van der Waals surface area contributed by atoms with Crippen LogP contribution in [0.15, 0.2) is 42.5 Å². The smallest absolute Gasteiger partial charge is 0.341 e. The first-order valence-electron chi connectivity index (χ1n) is 11.8. The first-order chi connectivity index (χ1) is 16.9. The minimum absolute atomic E-state index is 0.0465. The molecule has 2 fully saturated rings. The van der Waals surface area contributed by atoms with Crippen molar-refractivity contribution in [2.24, 2.45) is 0 Å². The van der Waals surface area contributed by atoms with Gasteiger partial charge in [0, 0.05) is 31.3 Å². The highest BCUT2D eigenvalue weighted by Crippen LogP contribution is 2.29. The number of para-hydroxylation sites is 1. The van der Waals surface area contributed by atoms with Crippen molar-refractivity contribution >= 4 is 34.8 Å². The van der Waals surface area contributed by atoms with E-state index >= 15 is 0 Å². The fourth-order valence-corrected chi connectivity index (χ4v) is 4.55. The van der Waals surface area contributed by atoms with E-state index in [9.17, 15) is 24.5 Å². The first kappa shape index (κ1) is 24.2. The van der Waals surface area contributed by atoms with Gasteiger partial charge in [0.15, 0.2) is 6.61 Å². The number of non-ortho nitro benzene ring substituents is 1. The van der Waals surface area contributed by atoms with E-state index in [4.69, 9.17) is 4.74 Å². The lowest BCUT2D eigenvalue weighted by molar-refractivity contribution is -0.384. The van der Waals surface area contributed by atoms with Crippen molar-refractivity contribution in [2.45, 2.75) is 44.6 Å². The van der Waals surface area contributed by atoms with Crippen LogP contribution in [0.4, 0.5) is 17.1 Å². The van der Waals surface area contributed by atoms with Crippen molar-refractivity contribution in [2.75, 3.05) is 29.9 Å². The molecule has 0 spiro atoms. The van der Waals surface area contributed by atoms with Crippen molar-refractivity contribution in [1.82, 2.24) is 5.32 Å². The van der Waals surface area contributed by atoms with Gasteiger partial charge in [0.05, 0.1) is 27.4 Å². The summed E-state index contributed by atoms with van der Waals surface area (Å²) in [7, 11) is 0. The summed E-state index contributed by atoms with van der Waals surface area (Å²) in [6.07, 6.45) is 5.96. The summed E-state index contributed by atoms with van der Waals surface area (Å²) >= 11 is 0. The molecule has 2 N–H and O–H groups in total. The van der Waals surface area contributed by atoms with E-state index in [-0.39, 0.29) is 23.2 Å². The number of rotatable bonds is 8. The molecule has 2 aromatic carbocycles. The molecule has 0 unspecified atom stereocenters. The fourth-order valence-electron chi connectivity index (χ4n) is 4.55. The molecule has 2 amide bonds. The summed E-state index contributed by atoms with van der Waals surface area (Å²) in [6.45, 7) is 0.871. The molecule has 4 rings (SSSR count). The molecule has 10 heteroatoms. The van der Waals surface area contributed by atoms with Gasteiger partial charge in [-0.15, -0.1) is 0 Å². The Labute approximate surface area is 202 Å². The van der Waals surface area contributed by atoms with E-state index in [1.54, 1.807) is 30.3 Å². The van der Waals surface area contributed by atoms with E-state index < -0.39 is 23.4 Å². The molecule has 1 saturated heterocycles. The zero-order chi connectivity index (χ0) is 24.8. The Kier molecular flexibility index (Phi) is 7.59. The third-order valence-electron chi connectivity index (χ3n) is 6.33. The quantitative estimate of drug-likeness (QED) is 0.335. The van der Waals surface area contributed by atoms with Crippen LogP contribution in [0.1, 0.15) is 59.2 Å². The molecule has 2 aromatic rings. The van der Waals surface area contributed by atoms with Gasteiger partial charge in [0.1, 0.15) is 0 Å². The number of nitrogens with one attached hydrogen (secondary N) is 2. The summed E-state index contributed by atoms with van der Waals surface area (Å²) in [5.41, 5.74) is 1.01. The third-order valence-corrected chi connectivity index (χ3v) is 6.33. The average molecular weight is 481 g/mol. The molecular weight excluding hydrogens is 452 g/mol. The maximum absolute atomic E-state index is 12.8. The van der Waals surface area contributed by atoms with Gasteiger partial charge in [0.25, 0.3) is 17.5 Å².